The van der Waals surface area contributed by atoms with Crippen molar-refractivity contribution in [3.8, 4) is 5.75 Å². The van der Waals surface area contributed by atoms with Gasteiger partial charge in [0.25, 0.3) is 0 Å². The number of hydrogen-bond donors (Lipinski definition) is 3. The molecule has 1 aromatic heterocycles. The van der Waals surface area contributed by atoms with E-state index in [4.69, 9.17) is 27.9 Å². The number of anilines is 3. The molecule has 170 valence electrons. The van der Waals surface area contributed by atoms with Gasteiger partial charge in [0.15, 0.2) is 6.29 Å². The summed E-state index contributed by atoms with van der Waals surface area (Å²) in [7, 11) is 0. The van der Waals surface area contributed by atoms with Crippen molar-refractivity contribution in [3.63, 3.8) is 0 Å². The van der Waals surface area contributed by atoms with E-state index in [2.05, 4.69) is 34.8 Å². The molecule has 3 aliphatic rings. The second-order valence-electron chi connectivity index (χ2n) is 9.30. The van der Waals surface area contributed by atoms with Gasteiger partial charge in [-0.2, -0.15) is 0 Å². The van der Waals surface area contributed by atoms with Crippen LogP contribution in [-0.2, 0) is 6.42 Å². The molecule has 0 saturated heterocycles. The van der Waals surface area contributed by atoms with Gasteiger partial charge in [0.1, 0.15) is 11.4 Å². The van der Waals surface area contributed by atoms with Gasteiger partial charge in [0.05, 0.1) is 27.1 Å². The molecule has 1 fully saturated rings. The predicted molar refractivity (Wildman–Crippen MR) is 128 cm³/mol. The van der Waals surface area contributed by atoms with E-state index in [9.17, 15) is 4.79 Å². The average Bonchev–Trinajstić information content (AvgIpc) is 3.27. The Labute approximate surface area is 197 Å². The highest BCUT2D eigenvalue weighted by Crippen LogP contribution is 2.48. The first-order valence-electron chi connectivity index (χ1n) is 11.1. The largest absolute Gasteiger partial charge is 0.487 e. The van der Waals surface area contributed by atoms with Crippen LogP contribution in [0.25, 0.3) is 0 Å². The third-order valence-electron chi connectivity index (χ3n) is 6.31. The van der Waals surface area contributed by atoms with Gasteiger partial charge in [-0.05, 0) is 38.8 Å². The van der Waals surface area contributed by atoms with Crippen LogP contribution in [-0.4, -0.2) is 28.9 Å². The molecule has 7 nitrogen and oxygen atoms in total. The van der Waals surface area contributed by atoms with Crippen LogP contribution in [0.2, 0.25) is 10.0 Å². The van der Waals surface area contributed by atoms with Crippen molar-refractivity contribution in [3.05, 3.63) is 40.1 Å². The Hall–Kier alpha value is -2.38. The molecular weight excluding hydrogens is 449 g/mol. The monoisotopic (exact) mass is 475 g/mol. The van der Waals surface area contributed by atoms with Crippen molar-refractivity contribution in [2.75, 3.05) is 15.5 Å². The van der Waals surface area contributed by atoms with Crippen LogP contribution < -0.4 is 25.6 Å². The summed E-state index contributed by atoms with van der Waals surface area (Å²) >= 11 is 12.7. The molecule has 9 heteroatoms. The van der Waals surface area contributed by atoms with E-state index in [-0.39, 0.29) is 17.7 Å². The quantitative estimate of drug-likeness (QED) is 0.524. The zero-order valence-corrected chi connectivity index (χ0v) is 19.7. The Morgan fingerprint density at radius 3 is 2.62 bits per heavy atom. The molecule has 1 saturated carbocycles. The molecule has 2 aromatic rings. The molecule has 5 rings (SSSR count). The van der Waals surface area contributed by atoms with E-state index < -0.39 is 6.29 Å². The summed E-state index contributed by atoms with van der Waals surface area (Å²) in [5, 5.41) is 10.8. The van der Waals surface area contributed by atoms with Gasteiger partial charge in [-0.25, -0.2) is 4.79 Å². The first-order valence-corrected chi connectivity index (χ1v) is 11.8. The lowest BCUT2D eigenvalue weighted by Gasteiger charge is -2.31. The van der Waals surface area contributed by atoms with Crippen molar-refractivity contribution >= 4 is 46.3 Å². The Bertz CT molecular complexity index is 1030. The summed E-state index contributed by atoms with van der Waals surface area (Å²) in [6.45, 7) is 4.11. The van der Waals surface area contributed by atoms with E-state index in [0.717, 1.165) is 48.4 Å². The third-order valence-corrected chi connectivity index (χ3v) is 6.88. The van der Waals surface area contributed by atoms with Crippen LogP contribution in [0.1, 0.15) is 51.5 Å². The van der Waals surface area contributed by atoms with Gasteiger partial charge in [0, 0.05) is 30.4 Å². The fourth-order valence-corrected chi connectivity index (χ4v) is 5.35. The van der Waals surface area contributed by atoms with Gasteiger partial charge in [-0.3, -0.25) is 9.88 Å². The lowest BCUT2D eigenvalue weighted by Crippen LogP contribution is -2.52. The van der Waals surface area contributed by atoms with E-state index in [1.54, 1.807) is 4.90 Å². The number of nitrogens with one attached hydrogen (secondary N) is 3. The summed E-state index contributed by atoms with van der Waals surface area (Å²) in [5.74, 6) is 0.812. The summed E-state index contributed by atoms with van der Waals surface area (Å²) in [6.07, 6.45) is 8.71. The lowest BCUT2D eigenvalue weighted by atomic mass is 9.95. The Morgan fingerprint density at radius 1 is 1.19 bits per heavy atom. The van der Waals surface area contributed by atoms with E-state index in [1.807, 2.05) is 12.1 Å². The van der Waals surface area contributed by atoms with Crippen LogP contribution in [0.3, 0.4) is 0 Å². The molecule has 3 N–H and O–H groups in total. The molecular formula is C23H27Cl2N5O2. The summed E-state index contributed by atoms with van der Waals surface area (Å²) < 4.78 is 6.13. The maximum Gasteiger partial charge on any atom is 0.325 e. The summed E-state index contributed by atoms with van der Waals surface area (Å²) in [4.78, 5) is 19.4. The summed E-state index contributed by atoms with van der Waals surface area (Å²) in [5.41, 5.74) is 2.92. The number of urea groups is 1. The topological polar surface area (TPSA) is 78.5 Å². The number of pyridine rings is 1. The van der Waals surface area contributed by atoms with E-state index >= 15 is 0 Å². The number of carbonyl (C=O) groups excluding carboxylic acids is 1. The van der Waals surface area contributed by atoms with Crippen LogP contribution >= 0.6 is 23.2 Å². The number of amides is 2. The van der Waals surface area contributed by atoms with Crippen molar-refractivity contribution in [2.45, 2.75) is 70.3 Å². The molecule has 1 aromatic carbocycles. The molecule has 2 aliphatic heterocycles. The maximum atomic E-state index is 13.6. The van der Waals surface area contributed by atoms with Gasteiger partial charge >= 0.3 is 6.03 Å². The smallest absolute Gasteiger partial charge is 0.325 e. The number of aromatic nitrogens is 1. The minimum Gasteiger partial charge on any atom is -0.487 e. The van der Waals surface area contributed by atoms with E-state index in [1.165, 1.54) is 18.8 Å². The summed E-state index contributed by atoms with van der Waals surface area (Å²) in [6, 6.07) is 3.94. The standard InChI is InChI=1S/C23H27Cl2N5O2/c1-23(2)10-14-18(32-23)9-8-17-20(14)30(22(31)27-13-6-4-3-5-7-13)21(28-17)29-19-15(24)11-26-12-16(19)25/h8-9,11-13,21,28H,3-7,10H2,1-2H3,(H,26,29)(H,27,31). The SMILES string of the molecule is CC1(C)Cc2c(ccc3c2N(C(=O)NC2CCCCC2)C(Nc2c(Cl)cncc2Cl)N3)O1. The van der Waals surface area contributed by atoms with Crippen molar-refractivity contribution < 1.29 is 9.53 Å². The average molecular weight is 476 g/mol. The van der Waals surface area contributed by atoms with Gasteiger partial charge in [-0.15, -0.1) is 0 Å². The minimum absolute atomic E-state index is 0.153. The number of rotatable bonds is 3. The minimum atomic E-state index is -0.568. The van der Waals surface area contributed by atoms with Crippen LogP contribution in [0, 0.1) is 0 Å². The first-order chi connectivity index (χ1) is 15.3. The van der Waals surface area contributed by atoms with Gasteiger partial charge in [-0.1, -0.05) is 42.5 Å². The molecule has 1 aliphatic carbocycles. The number of hydrogen-bond acceptors (Lipinski definition) is 5. The molecule has 32 heavy (non-hydrogen) atoms. The Morgan fingerprint density at radius 2 is 1.91 bits per heavy atom. The highest BCUT2D eigenvalue weighted by Gasteiger charge is 2.42. The van der Waals surface area contributed by atoms with Crippen molar-refractivity contribution in [1.82, 2.24) is 10.3 Å². The van der Waals surface area contributed by atoms with Gasteiger partial charge < -0.3 is 20.7 Å². The number of halogens is 2. The lowest BCUT2D eigenvalue weighted by molar-refractivity contribution is 0.138. The predicted octanol–water partition coefficient (Wildman–Crippen LogP) is 5.77. The molecule has 1 atom stereocenters. The van der Waals surface area contributed by atoms with Crippen LogP contribution in [0.5, 0.6) is 5.75 Å². The van der Waals surface area contributed by atoms with Gasteiger partial charge in [0.2, 0.25) is 0 Å². The van der Waals surface area contributed by atoms with Crippen molar-refractivity contribution in [2.24, 2.45) is 0 Å². The second kappa shape index (κ2) is 8.19. The Balaban J connectivity index is 1.51. The molecule has 2 amide bonds. The third kappa shape index (κ3) is 3.92. The number of benzene rings is 1. The number of carbonyl (C=O) groups is 1. The van der Waals surface area contributed by atoms with Crippen LogP contribution in [0.15, 0.2) is 24.5 Å². The molecule has 0 radical (unpaired) electrons. The zero-order chi connectivity index (χ0) is 22.5. The fraction of sp³-hybridized carbons (Fsp3) is 0.478. The first kappa shape index (κ1) is 21.5. The second-order valence-corrected chi connectivity index (χ2v) is 10.1. The molecule has 3 heterocycles. The number of ether oxygens (including phenoxy) is 1. The van der Waals surface area contributed by atoms with E-state index in [0.29, 0.717) is 22.2 Å². The fourth-order valence-electron chi connectivity index (χ4n) is 4.87. The normalized spacial score (nSPS) is 21.4. The van der Waals surface area contributed by atoms with Crippen molar-refractivity contribution in [1.29, 1.82) is 0 Å². The number of fused-ring (bicyclic) bond motifs is 3. The Kier molecular flexibility index (Phi) is 5.50. The number of nitrogens with zero attached hydrogens (tertiary/aromatic N) is 2. The molecule has 1 unspecified atom stereocenters. The maximum absolute atomic E-state index is 13.6. The highest BCUT2D eigenvalue weighted by atomic mass is 35.5. The highest BCUT2D eigenvalue weighted by molar-refractivity contribution is 6.38. The zero-order valence-electron chi connectivity index (χ0n) is 18.2. The molecule has 0 spiro atoms. The van der Waals surface area contributed by atoms with Crippen LogP contribution in [0.4, 0.5) is 21.9 Å². The molecule has 0 bridgehead atoms.